The lowest BCUT2D eigenvalue weighted by atomic mass is 9.83. The molecule has 3 heterocycles. The number of furan rings is 1. The van der Waals surface area contributed by atoms with Gasteiger partial charge in [0, 0.05) is 45.2 Å². The molecule has 6 heteroatoms. The summed E-state index contributed by atoms with van der Waals surface area (Å²) in [6, 6.07) is 5.67. The molecule has 1 saturated carbocycles. The Hall–Kier alpha value is -1.53. The molecule has 150 valence electrons. The lowest BCUT2D eigenvalue weighted by Crippen LogP contribution is -2.57. The zero-order valence-electron chi connectivity index (χ0n) is 16.6. The molecule has 2 saturated heterocycles. The zero-order valence-corrected chi connectivity index (χ0v) is 16.6. The normalized spacial score (nSPS) is 26.9. The second kappa shape index (κ2) is 9.11. The van der Waals surface area contributed by atoms with Gasteiger partial charge in [0.2, 0.25) is 0 Å². The van der Waals surface area contributed by atoms with Crippen molar-refractivity contribution >= 4 is 5.96 Å². The predicted octanol–water partition coefficient (Wildman–Crippen LogP) is 2.36. The molecule has 1 N–H and O–H groups in total. The summed E-state index contributed by atoms with van der Waals surface area (Å²) < 4.78 is 10.7. The van der Waals surface area contributed by atoms with E-state index in [2.05, 4.69) is 15.1 Å². The third-order valence-corrected chi connectivity index (χ3v) is 6.22. The second-order valence-corrected chi connectivity index (χ2v) is 8.13. The maximum absolute atomic E-state index is 5.45. The number of fused-ring (bicyclic) bond motifs is 1. The Labute approximate surface area is 162 Å². The molecule has 4 rings (SSSR count). The van der Waals surface area contributed by atoms with Crippen molar-refractivity contribution in [1.29, 1.82) is 0 Å². The number of hydrogen-bond donors (Lipinski definition) is 1. The number of methoxy groups -OCH3 is 1. The number of aliphatic imine (C=N–C) groups is 1. The van der Waals surface area contributed by atoms with Crippen LogP contribution in [-0.4, -0.2) is 74.3 Å². The van der Waals surface area contributed by atoms with E-state index in [9.17, 15) is 0 Å². The second-order valence-electron chi connectivity index (χ2n) is 8.13. The first-order valence-corrected chi connectivity index (χ1v) is 10.7. The van der Waals surface area contributed by atoms with E-state index < -0.39 is 0 Å². The average molecular weight is 375 g/mol. The van der Waals surface area contributed by atoms with Gasteiger partial charge < -0.3 is 19.4 Å². The number of guanidine groups is 1. The number of piperidine rings is 2. The molecule has 2 aliphatic heterocycles. The first-order valence-electron chi connectivity index (χ1n) is 10.7. The molecule has 1 aliphatic carbocycles. The van der Waals surface area contributed by atoms with Gasteiger partial charge in [0.25, 0.3) is 0 Å². The smallest absolute Gasteiger partial charge is 0.194 e. The number of likely N-dealkylation sites (tertiary alicyclic amines) is 2. The highest BCUT2D eigenvalue weighted by Crippen LogP contribution is 2.38. The van der Waals surface area contributed by atoms with Crippen LogP contribution in [0.2, 0.25) is 0 Å². The van der Waals surface area contributed by atoms with E-state index in [0.29, 0.717) is 13.2 Å². The fourth-order valence-corrected chi connectivity index (χ4v) is 4.76. The standard InChI is InChI=1S/C21H34N4O2/c1-26-15-11-23-21(22-10-8-19-5-3-14-27-19)24-13-9-20-17(16-24)4-2-12-25(20)18-6-7-18/h3,5,14,17-18,20H,2,4,6-13,15-16H2,1H3,(H,22,23). The van der Waals surface area contributed by atoms with E-state index in [1.807, 2.05) is 12.1 Å². The number of nitrogens with one attached hydrogen (secondary N) is 1. The van der Waals surface area contributed by atoms with Gasteiger partial charge in [-0.05, 0) is 56.7 Å². The lowest BCUT2D eigenvalue weighted by Gasteiger charge is -2.48. The fourth-order valence-electron chi connectivity index (χ4n) is 4.76. The van der Waals surface area contributed by atoms with Crippen LogP contribution in [0.15, 0.2) is 27.8 Å². The van der Waals surface area contributed by atoms with Crippen LogP contribution in [-0.2, 0) is 11.2 Å². The maximum atomic E-state index is 5.45. The molecular formula is C21H34N4O2. The van der Waals surface area contributed by atoms with Crippen molar-refractivity contribution in [3.8, 4) is 0 Å². The Kier molecular flexibility index (Phi) is 6.35. The summed E-state index contributed by atoms with van der Waals surface area (Å²) >= 11 is 0. The molecule has 2 unspecified atom stereocenters. The largest absolute Gasteiger partial charge is 0.469 e. The summed E-state index contributed by atoms with van der Waals surface area (Å²) in [5, 5.41) is 3.58. The Balaban J connectivity index is 1.35. The topological polar surface area (TPSA) is 53.2 Å². The zero-order chi connectivity index (χ0) is 18.5. The number of ether oxygens (including phenoxy) is 1. The van der Waals surface area contributed by atoms with E-state index in [1.165, 1.54) is 38.6 Å². The SMILES string of the molecule is COCCN=C(NCCc1ccco1)N1CCC2C(CCCN2C2CC2)C1. The van der Waals surface area contributed by atoms with Crippen molar-refractivity contribution in [1.82, 2.24) is 15.1 Å². The van der Waals surface area contributed by atoms with Crippen LogP contribution < -0.4 is 5.32 Å². The van der Waals surface area contributed by atoms with E-state index in [0.717, 1.165) is 55.8 Å². The van der Waals surface area contributed by atoms with Crippen molar-refractivity contribution in [3.05, 3.63) is 24.2 Å². The molecule has 1 aromatic rings. The summed E-state index contributed by atoms with van der Waals surface area (Å²) in [4.78, 5) is 10.1. The van der Waals surface area contributed by atoms with Gasteiger partial charge in [0.1, 0.15) is 5.76 Å². The van der Waals surface area contributed by atoms with E-state index in [1.54, 1.807) is 13.4 Å². The molecule has 0 aromatic carbocycles. The third kappa shape index (κ3) is 4.85. The highest BCUT2D eigenvalue weighted by molar-refractivity contribution is 5.80. The summed E-state index contributed by atoms with van der Waals surface area (Å²) in [5.74, 6) is 2.85. The number of nitrogens with zero attached hydrogens (tertiary/aromatic N) is 3. The minimum absolute atomic E-state index is 0.665. The molecule has 3 aliphatic rings. The number of hydrogen-bond acceptors (Lipinski definition) is 4. The molecule has 0 radical (unpaired) electrons. The van der Waals surface area contributed by atoms with Gasteiger partial charge in [-0.1, -0.05) is 0 Å². The van der Waals surface area contributed by atoms with Crippen LogP contribution in [0.25, 0.3) is 0 Å². The van der Waals surface area contributed by atoms with Crippen molar-refractivity contribution in [2.24, 2.45) is 10.9 Å². The molecular weight excluding hydrogens is 340 g/mol. The average Bonchev–Trinajstić information content (AvgIpc) is 3.42. The van der Waals surface area contributed by atoms with E-state index in [4.69, 9.17) is 14.1 Å². The molecule has 0 bridgehead atoms. The van der Waals surface area contributed by atoms with Gasteiger partial charge in [-0.15, -0.1) is 0 Å². The minimum atomic E-state index is 0.665. The maximum Gasteiger partial charge on any atom is 0.194 e. The number of rotatable bonds is 7. The Morgan fingerprint density at radius 2 is 2.22 bits per heavy atom. The van der Waals surface area contributed by atoms with Crippen molar-refractivity contribution < 1.29 is 9.15 Å². The minimum Gasteiger partial charge on any atom is -0.469 e. The van der Waals surface area contributed by atoms with Gasteiger partial charge in [-0.3, -0.25) is 9.89 Å². The first-order chi connectivity index (χ1) is 13.3. The summed E-state index contributed by atoms with van der Waals surface area (Å²) in [6.45, 7) is 5.77. The van der Waals surface area contributed by atoms with Crippen LogP contribution >= 0.6 is 0 Å². The molecule has 3 fully saturated rings. The quantitative estimate of drug-likeness (QED) is 0.451. The van der Waals surface area contributed by atoms with Crippen LogP contribution in [0.1, 0.15) is 37.9 Å². The summed E-state index contributed by atoms with van der Waals surface area (Å²) in [7, 11) is 1.74. The lowest BCUT2D eigenvalue weighted by molar-refractivity contribution is 0.0369. The van der Waals surface area contributed by atoms with Crippen LogP contribution in [0, 0.1) is 5.92 Å². The Morgan fingerprint density at radius 1 is 1.30 bits per heavy atom. The molecule has 0 amide bonds. The van der Waals surface area contributed by atoms with Gasteiger partial charge in [-0.2, -0.15) is 0 Å². The highest BCUT2D eigenvalue weighted by Gasteiger charge is 2.42. The van der Waals surface area contributed by atoms with Gasteiger partial charge >= 0.3 is 0 Å². The fraction of sp³-hybridized carbons (Fsp3) is 0.762. The third-order valence-electron chi connectivity index (χ3n) is 6.22. The Morgan fingerprint density at radius 3 is 3.00 bits per heavy atom. The van der Waals surface area contributed by atoms with Crippen molar-refractivity contribution in [3.63, 3.8) is 0 Å². The summed E-state index contributed by atoms with van der Waals surface area (Å²) in [6.07, 6.45) is 9.45. The van der Waals surface area contributed by atoms with E-state index in [-0.39, 0.29) is 0 Å². The highest BCUT2D eigenvalue weighted by atomic mass is 16.5. The van der Waals surface area contributed by atoms with Crippen LogP contribution in [0.3, 0.4) is 0 Å². The van der Waals surface area contributed by atoms with Gasteiger partial charge in [0.05, 0.1) is 19.4 Å². The molecule has 0 spiro atoms. The Bertz CT molecular complexity index is 599. The summed E-state index contributed by atoms with van der Waals surface area (Å²) in [5.41, 5.74) is 0. The molecule has 2 atom stereocenters. The predicted molar refractivity (Wildman–Crippen MR) is 107 cm³/mol. The first kappa shape index (κ1) is 18.8. The van der Waals surface area contributed by atoms with E-state index >= 15 is 0 Å². The molecule has 1 aromatic heterocycles. The van der Waals surface area contributed by atoms with Gasteiger partial charge in [-0.25, -0.2) is 0 Å². The van der Waals surface area contributed by atoms with Crippen LogP contribution in [0.5, 0.6) is 0 Å². The van der Waals surface area contributed by atoms with Crippen molar-refractivity contribution in [2.45, 2.75) is 50.6 Å². The van der Waals surface area contributed by atoms with Crippen molar-refractivity contribution in [2.75, 3.05) is 46.4 Å². The monoisotopic (exact) mass is 374 g/mol. The van der Waals surface area contributed by atoms with Gasteiger partial charge in [0.15, 0.2) is 5.96 Å². The van der Waals surface area contributed by atoms with Crippen LogP contribution in [0.4, 0.5) is 0 Å². The molecule has 27 heavy (non-hydrogen) atoms. The molecule has 6 nitrogen and oxygen atoms in total.